The summed E-state index contributed by atoms with van der Waals surface area (Å²) in [6, 6.07) is 11.6. The molecule has 0 aliphatic heterocycles. The molecule has 0 radical (unpaired) electrons. The van der Waals surface area contributed by atoms with Crippen molar-refractivity contribution in [3.63, 3.8) is 0 Å². The lowest BCUT2D eigenvalue weighted by molar-refractivity contribution is 0.415. The zero-order chi connectivity index (χ0) is 23.1. The van der Waals surface area contributed by atoms with Crippen molar-refractivity contribution in [2.24, 2.45) is 0 Å². The van der Waals surface area contributed by atoms with Crippen molar-refractivity contribution in [2.45, 2.75) is 62.9 Å². The fraction of sp³-hybridized carbons (Fsp3) is 0.417. The van der Waals surface area contributed by atoms with Crippen molar-refractivity contribution in [2.75, 3.05) is 7.11 Å². The second kappa shape index (κ2) is 8.23. The summed E-state index contributed by atoms with van der Waals surface area (Å²) in [7, 11) is -2.07. The number of hydrogen-bond donors (Lipinski definition) is 1. The number of pyridine rings is 1. The van der Waals surface area contributed by atoms with Crippen LogP contribution in [0.1, 0.15) is 58.1 Å². The van der Waals surface area contributed by atoms with E-state index in [1.165, 1.54) is 6.20 Å². The Balaban J connectivity index is 1.89. The minimum atomic E-state index is -3.69. The first-order chi connectivity index (χ1) is 15.1. The molecule has 7 nitrogen and oxygen atoms in total. The molecule has 168 valence electrons. The van der Waals surface area contributed by atoms with Gasteiger partial charge in [-0.1, -0.05) is 12.8 Å². The minimum Gasteiger partial charge on any atom is -0.497 e. The number of aromatic nitrogens is 2. The van der Waals surface area contributed by atoms with Gasteiger partial charge < -0.3 is 9.30 Å². The first-order valence-corrected chi connectivity index (χ1v) is 12.3. The van der Waals surface area contributed by atoms with Crippen LogP contribution in [-0.4, -0.2) is 30.6 Å². The maximum Gasteiger partial charge on any atom is 0.242 e. The molecule has 0 atom stereocenters. The molecule has 8 heteroatoms. The molecule has 1 aliphatic carbocycles. The third-order valence-electron chi connectivity index (χ3n) is 5.74. The smallest absolute Gasteiger partial charge is 0.242 e. The number of ether oxygens (including phenoxy) is 1. The topological polar surface area (TPSA) is 97.0 Å². The second-order valence-electron chi connectivity index (χ2n) is 9.26. The van der Waals surface area contributed by atoms with Gasteiger partial charge in [-0.25, -0.2) is 13.1 Å². The number of benzene rings is 1. The molecule has 0 unspecified atom stereocenters. The zero-order valence-corrected chi connectivity index (χ0v) is 19.7. The van der Waals surface area contributed by atoms with Crippen LogP contribution in [0, 0.1) is 11.3 Å². The summed E-state index contributed by atoms with van der Waals surface area (Å²) in [4.78, 5) is 4.60. The zero-order valence-electron chi connectivity index (χ0n) is 18.8. The van der Waals surface area contributed by atoms with Crippen LogP contribution in [0.5, 0.6) is 5.75 Å². The van der Waals surface area contributed by atoms with Gasteiger partial charge in [0.25, 0.3) is 0 Å². The highest BCUT2D eigenvalue weighted by atomic mass is 32.2. The van der Waals surface area contributed by atoms with E-state index in [-0.39, 0.29) is 10.9 Å². The Morgan fingerprint density at radius 3 is 2.47 bits per heavy atom. The van der Waals surface area contributed by atoms with E-state index in [0.29, 0.717) is 11.3 Å². The number of methoxy groups -OCH3 is 1. The van der Waals surface area contributed by atoms with E-state index in [4.69, 9.17) is 4.74 Å². The van der Waals surface area contributed by atoms with Crippen molar-refractivity contribution >= 4 is 20.9 Å². The molecule has 1 saturated carbocycles. The number of nitriles is 1. The van der Waals surface area contributed by atoms with Crippen molar-refractivity contribution in [1.82, 2.24) is 14.3 Å². The Kier molecular flexibility index (Phi) is 5.74. The molecule has 0 bridgehead atoms. The highest BCUT2D eigenvalue weighted by Gasteiger charge is 2.28. The molecule has 1 fully saturated rings. The van der Waals surface area contributed by atoms with Gasteiger partial charge in [0.05, 0.1) is 29.6 Å². The first-order valence-electron chi connectivity index (χ1n) is 10.8. The highest BCUT2D eigenvalue weighted by molar-refractivity contribution is 7.89. The average Bonchev–Trinajstić information content (AvgIpc) is 3.37. The molecule has 1 aliphatic rings. The van der Waals surface area contributed by atoms with Crippen LogP contribution in [0.4, 0.5) is 0 Å². The van der Waals surface area contributed by atoms with E-state index in [1.807, 2.05) is 18.2 Å². The minimum absolute atomic E-state index is 0.0971. The van der Waals surface area contributed by atoms with Crippen LogP contribution in [0.25, 0.3) is 22.3 Å². The molecule has 4 rings (SSSR count). The van der Waals surface area contributed by atoms with Gasteiger partial charge in [0.1, 0.15) is 16.7 Å². The summed E-state index contributed by atoms with van der Waals surface area (Å²) in [6.45, 7) is 5.37. The molecular formula is C24H28N4O3S. The third kappa shape index (κ3) is 4.10. The van der Waals surface area contributed by atoms with Crippen molar-refractivity contribution in [3.05, 3.63) is 42.1 Å². The van der Waals surface area contributed by atoms with Gasteiger partial charge in [0.15, 0.2) is 0 Å². The van der Waals surface area contributed by atoms with Crippen molar-refractivity contribution in [1.29, 1.82) is 5.26 Å². The van der Waals surface area contributed by atoms with E-state index in [1.54, 1.807) is 40.0 Å². The molecule has 32 heavy (non-hydrogen) atoms. The average molecular weight is 453 g/mol. The molecule has 0 amide bonds. The Bertz CT molecular complexity index is 1290. The fourth-order valence-electron chi connectivity index (χ4n) is 4.47. The molecule has 0 spiro atoms. The fourth-order valence-corrected chi connectivity index (χ4v) is 5.83. The molecule has 1 aromatic carbocycles. The predicted molar refractivity (Wildman–Crippen MR) is 124 cm³/mol. The normalized spacial score (nSPS) is 15.2. The standard InChI is InChI=1S/C24H28N4O3S/c1-24(2,3)27-32(29,30)18-10-12-21(26-15-18)23-20(14-25)19-11-9-17(31-4)13-22(19)28(23)16-7-5-6-8-16/h9-13,15-16,27H,5-8H2,1-4H3. The first kappa shape index (κ1) is 22.3. The van der Waals surface area contributed by atoms with Crippen molar-refractivity contribution < 1.29 is 13.2 Å². The quantitative estimate of drug-likeness (QED) is 0.601. The van der Waals surface area contributed by atoms with Crippen LogP contribution in [0.2, 0.25) is 0 Å². The van der Waals surface area contributed by atoms with Gasteiger partial charge in [0, 0.05) is 29.2 Å². The van der Waals surface area contributed by atoms with E-state index in [9.17, 15) is 13.7 Å². The summed E-state index contributed by atoms with van der Waals surface area (Å²) in [5.74, 6) is 0.730. The van der Waals surface area contributed by atoms with Gasteiger partial charge in [-0.15, -0.1) is 0 Å². The van der Waals surface area contributed by atoms with Crippen LogP contribution < -0.4 is 9.46 Å². The Labute approximate surface area is 189 Å². The molecule has 1 N–H and O–H groups in total. The number of hydrogen-bond acceptors (Lipinski definition) is 5. The lowest BCUT2D eigenvalue weighted by Crippen LogP contribution is -2.40. The van der Waals surface area contributed by atoms with Gasteiger partial charge in [-0.2, -0.15) is 5.26 Å². The maximum absolute atomic E-state index is 12.7. The highest BCUT2D eigenvalue weighted by Crippen LogP contribution is 2.41. The molecule has 2 aromatic heterocycles. The van der Waals surface area contributed by atoms with E-state index in [0.717, 1.165) is 48.0 Å². The Hall–Kier alpha value is -2.89. The summed E-state index contributed by atoms with van der Waals surface area (Å²) in [6.07, 6.45) is 5.70. The van der Waals surface area contributed by atoms with Crippen LogP contribution in [-0.2, 0) is 10.0 Å². The van der Waals surface area contributed by atoms with Gasteiger partial charge in [0.2, 0.25) is 10.0 Å². The lowest BCUT2D eigenvalue weighted by Gasteiger charge is -2.20. The van der Waals surface area contributed by atoms with Crippen LogP contribution in [0.15, 0.2) is 41.4 Å². The number of rotatable bonds is 5. The van der Waals surface area contributed by atoms with Gasteiger partial charge in [-0.3, -0.25) is 4.98 Å². The number of nitrogens with zero attached hydrogens (tertiary/aromatic N) is 3. The largest absolute Gasteiger partial charge is 0.497 e. The number of nitrogens with one attached hydrogen (secondary N) is 1. The SMILES string of the molecule is COc1ccc2c(C#N)c(-c3ccc(S(=O)(=O)NC(C)(C)C)cn3)n(C3CCCC3)c2c1. The lowest BCUT2D eigenvalue weighted by atomic mass is 10.1. The number of fused-ring (bicyclic) bond motifs is 1. The summed E-state index contributed by atoms with van der Waals surface area (Å²) in [5.41, 5.74) is 2.20. The van der Waals surface area contributed by atoms with Crippen LogP contribution in [0.3, 0.4) is 0 Å². The Morgan fingerprint density at radius 1 is 1.19 bits per heavy atom. The maximum atomic E-state index is 12.7. The second-order valence-corrected chi connectivity index (χ2v) is 10.9. The molecule has 0 saturated heterocycles. The monoisotopic (exact) mass is 452 g/mol. The van der Waals surface area contributed by atoms with Gasteiger partial charge in [-0.05, 0) is 57.9 Å². The Morgan fingerprint density at radius 2 is 1.91 bits per heavy atom. The van der Waals surface area contributed by atoms with E-state index in [2.05, 4.69) is 20.3 Å². The third-order valence-corrected chi connectivity index (χ3v) is 7.49. The predicted octanol–water partition coefficient (Wildman–Crippen LogP) is 4.78. The summed E-state index contributed by atoms with van der Waals surface area (Å²) < 4.78 is 35.6. The summed E-state index contributed by atoms with van der Waals surface area (Å²) >= 11 is 0. The number of sulfonamides is 1. The van der Waals surface area contributed by atoms with Crippen molar-refractivity contribution in [3.8, 4) is 23.2 Å². The van der Waals surface area contributed by atoms with E-state index >= 15 is 0 Å². The molecular weight excluding hydrogens is 424 g/mol. The van der Waals surface area contributed by atoms with E-state index < -0.39 is 15.6 Å². The molecule has 3 aromatic rings. The van der Waals surface area contributed by atoms with Gasteiger partial charge >= 0.3 is 0 Å². The van der Waals surface area contributed by atoms with Crippen LogP contribution >= 0.6 is 0 Å². The molecule has 2 heterocycles. The summed E-state index contributed by atoms with van der Waals surface area (Å²) in [5, 5.41) is 10.9.